The lowest BCUT2D eigenvalue weighted by Crippen LogP contribution is -2.31. The Hall–Kier alpha value is -3.47. The zero-order valence-corrected chi connectivity index (χ0v) is 19.9. The first-order chi connectivity index (χ1) is 15.2. The first-order valence-electron chi connectivity index (χ1n) is 10.9. The quantitative estimate of drug-likeness (QED) is 0.372. The van der Waals surface area contributed by atoms with Crippen LogP contribution in [0.2, 0.25) is 0 Å². The summed E-state index contributed by atoms with van der Waals surface area (Å²) < 4.78 is 0. The van der Waals surface area contributed by atoms with Gasteiger partial charge in [0.1, 0.15) is 0 Å². The molecule has 32 heavy (non-hydrogen) atoms. The highest BCUT2D eigenvalue weighted by molar-refractivity contribution is 6.01. The Morgan fingerprint density at radius 1 is 0.688 bits per heavy atom. The highest BCUT2D eigenvalue weighted by Crippen LogP contribution is 2.08. The molecular formula is C27H34N4O. The molecular weight excluding hydrogens is 396 g/mol. The topological polar surface area (TPSA) is 65.8 Å². The van der Waals surface area contributed by atoms with Crippen LogP contribution < -0.4 is 10.9 Å². The average Bonchev–Trinajstić information content (AvgIpc) is 2.75. The molecule has 0 radical (unpaired) electrons. The average molecular weight is 431 g/mol. The van der Waals surface area contributed by atoms with E-state index in [0.717, 1.165) is 22.6 Å². The maximum Gasteiger partial charge on any atom is 0.355 e. The fourth-order valence-electron chi connectivity index (χ4n) is 2.69. The summed E-state index contributed by atoms with van der Waals surface area (Å²) in [7, 11) is 0. The lowest BCUT2D eigenvalue weighted by molar-refractivity contribution is 0.241. The van der Waals surface area contributed by atoms with Crippen molar-refractivity contribution in [1.29, 1.82) is 0 Å². The summed E-state index contributed by atoms with van der Waals surface area (Å²) in [5, 5.41) is 8.52. The molecule has 0 aliphatic rings. The van der Waals surface area contributed by atoms with Crippen LogP contribution in [0, 0.1) is 25.7 Å². The molecule has 2 aromatic rings. The van der Waals surface area contributed by atoms with Crippen LogP contribution in [0.5, 0.6) is 0 Å². The molecule has 0 heterocycles. The Bertz CT molecular complexity index is 913. The summed E-state index contributed by atoms with van der Waals surface area (Å²) in [5.41, 5.74) is 11.2. The van der Waals surface area contributed by atoms with E-state index in [1.54, 1.807) is 0 Å². The molecule has 5 heteroatoms. The number of benzene rings is 2. The van der Waals surface area contributed by atoms with Gasteiger partial charge < -0.3 is 0 Å². The second-order valence-electron chi connectivity index (χ2n) is 8.42. The summed E-state index contributed by atoms with van der Waals surface area (Å²) in [6.45, 7) is 12.2. The van der Waals surface area contributed by atoms with Gasteiger partial charge in [-0.1, -0.05) is 99.5 Å². The van der Waals surface area contributed by atoms with Gasteiger partial charge in [-0.25, -0.2) is 15.6 Å². The Kier molecular flexibility index (Phi) is 9.61. The molecule has 0 aromatic heterocycles. The molecule has 0 saturated carbocycles. The zero-order valence-electron chi connectivity index (χ0n) is 19.9. The maximum absolute atomic E-state index is 12.2. The van der Waals surface area contributed by atoms with Gasteiger partial charge in [0.05, 0.1) is 11.4 Å². The second-order valence-corrected chi connectivity index (χ2v) is 8.42. The van der Waals surface area contributed by atoms with Crippen molar-refractivity contribution in [3.05, 3.63) is 82.9 Å². The van der Waals surface area contributed by atoms with Gasteiger partial charge in [-0.3, -0.25) is 0 Å². The summed E-state index contributed by atoms with van der Waals surface area (Å²) >= 11 is 0. The van der Waals surface area contributed by atoms with Gasteiger partial charge in [0.25, 0.3) is 0 Å². The number of aryl methyl sites for hydroxylation is 2. The van der Waals surface area contributed by atoms with Gasteiger partial charge >= 0.3 is 6.03 Å². The number of hydrogen-bond acceptors (Lipinski definition) is 3. The largest absolute Gasteiger partial charge is 0.355 e. The molecule has 0 aliphatic heterocycles. The van der Waals surface area contributed by atoms with Crippen molar-refractivity contribution in [2.45, 2.75) is 41.5 Å². The van der Waals surface area contributed by atoms with Crippen LogP contribution in [0.25, 0.3) is 12.2 Å². The predicted octanol–water partition coefficient (Wildman–Crippen LogP) is 6.35. The number of amides is 2. The molecule has 0 bridgehead atoms. The van der Waals surface area contributed by atoms with Gasteiger partial charge in [0.15, 0.2) is 0 Å². The summed E-state index contributed by atoms with van der Waals surface area (Å²) in [4.78, 5) is 12.2. The Morgan fingerprint density at radius 2 is 1.03 bits per heavy atom. The third-order valence-electron chi connectivity index (χ3n) is 4.80. The van der Waals surface area contributed by atoms with Crippen molar-refractivity contribution in [3.63, 3.8) is 0 Å². The number of carbonyl (C=O) groups is 1. The fourth-order valence-corrected chi connectivity index (χ4v) is 2.69. The highest BCUT2D eigenvalue weighted by atomic mass is 16.2. The van der Waals surface area contributed by atoms with E-state index in [2.05, 4.69) is 83.4 Å². The van der Waals surface area contributed by atoms with E-state index in [-0.39, 0.29) is 11.8 Å². The number of rotatable bonds is 8. The summed E-state index contributed by atoms with van der Waals surface area (Å²) in [5.74, 6) is 0.313. The molecule has 0 unspecified atom stereocenters. The maximum atomic E-state index is 12.2. The van der Waals surface area contributed by atoms with Crippen LogP contribution in [0.4, 0.5) is 4.79 Å². The molecule has 0 fully saturated rings. The molecule has 2 rings (SSSR count). The molecule has 2 amide bonds. The van der Waals surface area contributed by atoms with Crippen LogP contribution >= 0.6 is 0 Å². The van der Waals surface area contributed by atoms with Crippen LogP contribution in [0.3, 0.4) is 0 Å². The third-order valence-corrected chi connectivity index (χ3v) is 4.80. The van der Waals surface area contributed by atoms with E-state index >= 15 is 0 Å². The molecule has 0 saturated heterocycles. The number of hydrogen-bond donors (Lipinski definition) is 2. The van der Waals surface area contributed by atoms with Crippen LogP contribution in [-0.4, -0.2) is 17.5 Å². The molecule has 0 aliphatic carbocycles. The Morgan fingerprint density at radius 3 is 1.34 bits per heavy atom. The molecule has 0 atom stereocenters. The summed E-state index contributed by atoms with van der Waals surface area (Å²) in [6.07, 6.45) is 7.82. The van der Waals surface area contributed by atoms with Gasteiger partial charge in [0.2, 0.25) is 0 Å². The Balaban J connectivity index is 2.01. The third kappa shape index (κ3) is 8.72. The second kappa shape index (κ2) is 12.4. The monoisotopic (exact) mass is 430 g/mol. The van der Waals surface area contributed by atoms with Crippen molar-refractivity contribution < 1.29 is 4.79 Å². The highest BCUT2D eigenvalue weighted by Gasteiger charge is 2.05. The number of urea groups is 1. The molecule has 5 nitrogen and oxygen atoms in total. The molecule has 2 aromatic carbocycles. The van der Waals surface area contributed by atoms with Crippen molar-refractivity contribution in [2.75, 3.05) is 0 Å². The minimum absolute atomic E-state index is 0.157. The van der Waals surface area contributed by atoms with Crippen molar-refractivity contribution in [3.8, 4) is 0 Å². The minimum Gasteiger partial charge on any atom is -0.245 e. The Labute approximate surface area is 192 Å². The van der Waals surface area contributed by atoms with E-state index in [4.69, 9.17) is 0 Å². The van der Waals surface area contributed by atoms with Gasteiger partial charge in [-0.05, 0) is 49.0 Å². The number of nitrogens with one attached hydrogen (secondary N) is 2. The zero-order chi connectivity index (χ0) is 23.5. The van der Waals surface area contributed by atoms with E-state index in [0.29, 0.717) is 0 Å². The van der Waals surface area contributed by atoms with Gasteiger partial charge in [-0.2, -0.15) is 10.2 Å². The van der Waals surface area contributed by atoms with Crippen molar-refractivity contribution in [2.24, 2.45) is 22.0 Å². The van der Waals surface area contributed by atoms with Crippen molar-refractivity contribution >= 4 is 29.6 Å². The van der Waals surface area contributed by atoms with Crippen LogP contribution in [0.1, 0.15) is 49.9 Å². The minimum atomic E-state index is -0.478. The van der Waals surface area contributed by atoms with E-state index in [1.165, 1.54) is 11.1 Å². The van der Waals surface area contributed by atoms with Gasteiger partial charge in [0, 0.05) is 0 Å². The van der Waals surface area contributed by atoms with Crippen molar-refractivity contribution in [1.82, 2.24) is 10.9 Å². The SMILES string of the molecule is Cc1ccc(C=CC(=NNC(=O)NN=C(C=Cc2ccc(C)cc2)C(C)C)C(C)C)cc1. The fraction of sp³-hybridized carbons (Fsp3) is 0.296. The predicted molar refractivity (Wildman–Crippen MR) is 137 cm³/mol. The van der Waals surface area contributed by atoms with E-state index < -0.39 is 6.03 Å². The molecule has 168 valence electrons. The smallest absolute Gasteiger partial charge is 0.245 e. The number of hydrazone groups is 2. The van der Waals surface area contributed by atoms with Crippen LogP contribution in [0.15, 0.2) is 70.9 Å². The normalized spacial score (nSPS) is 12.9. The number of allylic oxidation sites excluding steroid dienone is 2. The first-order valence-corrected chi connectivity index (χ1v) is 10.9. The molecule has 2 N–H and O–H groups in total. The van der Waals surface area contributed by atoms with E-state index in [9.17, 15) is 4.79 Å². The van der Waals surface area contributed by atoms with Crippen LogP contribution in [-0.2, 0) is 0 Å². The number of nitrogens with zero attached hydrogens (tertiary/aromatic N) is 2. The molecule has 0 spiro atoms. The van der Waals surface area contributed by atoms with E-state index in [1.807, 2.05) is 52.0 Å². The van der Waals surface area contributed by atoms with Gasteiger partial charge in [-0.15, -0.1) is 0 Å². The summed E-state index contributed by atoms with van der Waals surface area (Å²) in [6, 6.07) is 16.0. The first kappa shape index (κ1) is 24.8. The number of carbonyl (C=O) groups excluding carboxylic acids is 1. The lowest BCUT2D eigenvalue weighted by atomic mass is 10.1. The standard InChI is InChI=1S/C27H34N4O/c1-19(2)25(17-15-23-11-7-21(5)8-12-23)28-30-27(32)31-29-26(20(3)4)18-16-24-13-9-22(6)10-14-24/h7-20H,1-6H3,(H2,30,31,32). The lowest BCUT2D eigenvalue weighted by Gasteiger charge is -2.08.